The molecular formula is C14H16N4O3. The Labute approximate surface area is 121 Å². The number of carbonyl (C=O) groups excluding carboxylic acids is 1. The van der Waals surface area contributed by atoms with Gasteiger partial charge in [0.2, 0.25) is 5.91 Å². The summed E-state index contributed by atoms with van der Waals surface area (Å²) in [5.41, 5.74) is 0.592. The Bertz CT molecular complexity index is 625. The van der Waals surface area contributed by atoms with Gasteiger partial charge in [-0.2, -0.15) is 0 Å². The quantitative estimate of drug-likeness (QED) is 0.628. The topological polar surface area (TPSA) is 101 Å². The van der Waals surface area contributed by atoms with Crippen molar-refractivity contribution in [1.29, 1.82) is 0 Å². The van der Waals surface area contributed by atoms with Gasteiger partial charge in [0.25, 0.3) is 5.69 Å². The van der Waals surface area contributed by atoms with E-state index in [9.17, 15) is 14.9 Å². The van der Waals surface area contributed by atoms with Gasteiger partial charge in [-0.3, -0.25) is 14.9 Å². The second kappa shape index (κ2) is 6.65. The van der Waals surface area contributed by atoms with Crippen LogP contribution >= 0.6 is 0 Å². The molecule has 0 radical (unpaired) electrons. The average molecular weight is 288 g/mol. The number of carbonyl (C=O) groups is 1. The molecule has 0 aliphatic rings. The number of rotatable bonds is 6. The minimum Gasteiger partial charge on any atom is -0.347 e. The molecule has 0 aliphatic heterocycles. The fourth-order valence-electron chi connectivity index (χ4n) is 2.04. The first kappa shape index (κ1) is 14.7. The molecule has 0 saturated heterocycles. The van der Waals surface area contributed by atoms with Crippen molar-refractivity contribution in [2.24, 2.45) is 0 Å². The van der Waals surface area contributed by atoms with E-state index in [2.05, 4.69) is 15.3 Å². The van der Waals surface area contributed by atoms with Gasteiger partial charge < -0.3 is 10.3 Å². The second-order valence-electron chi connectivity index (χ2n) is 4.61. The number of nitro groups is 1. The molecule has 7 heteroatoms. The molecule has 2 rings (SSSR count). The normalized spacial score (nSPS) is 11.9. The van der Waals surface area contributed by atoms with E-state index in [1.165, 1.54) is 12.1 Å². The number of hydrogen-bond donors (Lipinski definition) is 2. The summed E-state index contributed by atoms with van der Waals surface area (Å²) < 4.78 is 0. The van der Waals surface area contributed by atoms with Crippen LogP contribution in [0.4, 0.5) is 5.69 Å². The van der Waals surface area contributed by atoms with Crippen molar-refractivity contribution in [3.8, 4) is 0 Å². The van der Waals surface area contributed by atoms with E-state index in [1.807, 2.05) is 6.92 Å². The molecule has 1 amide bonds. The van der Waals surface area contributed by atoms with E-state index < -0.39 is 4.92 Å². The molecule has 0 fully saturated rings. The van der Waals surface area contributed by atoms with Crippen LogP contribution in [0.5, 0.6) is 0 Å². The zero-order valence-corrected chi connectivity index (χ0v) is 11.6. The first-order valence-corrected chi connectivity index (χ1v) is 6.62. The molecule has 7 nitrogen and oxygen atoms in total. The van der Waals surface area contributed by atoms with Crippen LogP contribution < -0.4 is 5.32 Å². The Morgan fingerprint density at radius 3 is 2.95 bits per heavy atom. The van der Waals surface area contributed by atoms with Gasteiger partial charge >= 0.3 is 0 Å². The summed E-state index contributed by atoms with van der Waals surface area (Å²) in [6, 6.07) is 5.89. The van der Waals surface area contributed by atoms with E-state index in [0.717, 1.165) is 0 Å². The van der Waals surface area contributed by atoms with E-state index in [-0.39, 0.29) is 24.1 Å². The summed E-state index contributed by atoms with van der Waals surface area (Å²) in [6.07, 6.45) is 4.13. The van der Waals surface area contributed by atoms with Crippen LogP contribution in [0.2, 0.25) is 0 Å². The molecule has 1 unspecified atom stereocenters. The Hall–Kier alpha value is -2.70. The SMILES string of the molecule is CCC(NC(=O)Cc1cccc([N+](=O)[O-])c1)c1ncc[nH]1. The minimum atomic E-state index is -0.473. The largest absolute Gasteiger partial charge is 0.347 e. The first-order valence-electron chi connectivity index (χ1n) is 6.62. The molecule has 2 N–H and O–H groups in total. The number of non-ortho nitro benzene ring substituents is 1. The number of nitro benzene ring substituents is 1. The van der Waals surface area contributed by atoms with Crippen LogP contribution in [-0.4, -0.2) is 20.8 Å². The third-order valence-corrected chi connectivity index (χ3v) is 3.08. The lowest BCUT2D eigenvalue weighted by Crippen LogP contribution is -2.30. The van der Waals surface area contributed by atoms with Crippen LogP contribution in [0.15, 0.2) is 36.7 Å². The summed E-state index contributed by atoms with van der Waals surface area (Å²) in [5.74, 6) is 0.503. The van der Waals surface area contributed by atoms with Crippen molar-refractivity contribution < 1.29 is 9.72 Å². The number of aromatic nitrogens is 2. The predicted molar refractivity (Wildman–Crippen MR) is 76.6 cm³/mol. The van der Waals surface area contributed by atoms with Gasteiger partial charge in [0.15, 0.2) is 0 Å². The molecule has 21 heavy (non-hydrogen) atoms. The summed E-state index contributed by atoms with van der Waals surface area (Å²) in [6.45, 7) is 1.95. The summed E-state index contributed by atoms with van der Waals surface area (Å²) in [7, 11) is 0. The van der Waals surface area contributed by atoms with E-state index in [4.69, 9.17) is 0 Å². The number of benzene rings is 1. The highest BCUT2D eigenvalue weighted by molar-refractivity contribution is 5.79. The molecule has 0 bridgehead atoms. The fourth-order valence-corrected chi connectivity index (χ4v) is 2.04. The third kappa shape index (κ3) is 3.88. The van der Waals surface area contributed by atoms with Crippen molar-refractivity contribution in [3.63, 3.8) is 0 Å². The summed E-state index contributed by atoms with van der Waals surface area (Å²) in [5, 5.41) is 13.6. The zero-order valence-electron chi connectivity index (χ0n) is 11.6. The highest BCUT2D eigenvalue weighted by atomic mass is 16.6. The fraction of sp³-hybridized carbons (Fsp3) is 0.286. The number of imidazole rings is 1. The van der Waals surface area contributed by atoms with Gasteiger partial charge in [0.05, 0.1) is 17.4 Å². The number of hydrogen-bond acceptors (Lipinski definition) is 4. The third-order valence-electron chi connectivity index (χ3n) is 3.08. The van der Waals surface area contributed by atoms with Crippen LogP contribution in [0, 0.1) is 10.1 Å². The van der Waals surface area contributed by atoms with Crippen molar-refractivity contribution in [3.05, 3.63) is 58.2 Å². The lowest BCUT2D eigenvalue weighted by molar-refractivity contribution is -0.384. The Morgan fingerprint density at radius 1 is 1.52 bits per heavy atom. The lowest BCUT2D eigenvalue weighted by atomic mass is 10.1. The Kier molecular flexibility index (Phi) is 4.65. The molecule has 0 aliphatic carbocycles. The summed E-state index contributed by atoms with van der Waals surface area (Å²) in [4.78, 5) is 29.4. The molecule has 1 aromatic carbocycles. The van der Waals surface area contributed by atoms with Crippen LogP contribution in [0.25, 0.3) is 0 Å². The van der Waals surface area contributed by atoms with Crippen molar-refractivity contribution in [2.75, 3.05) is 0 Å². The van der Waals surface area contributed by atoms with Gasteiger partial charge in [0, 0.05) is 24.5 Å². The number of nitrogens with one attached hydrogen (secondary N) is 2. The highest BCUT2D eigenvalue weighted by Gasteiger charge is 2.15. The minimum absolute atomic E-state index is 0.0154. The van der Waals surface area contributed by atoms with Gasteiger partial charge in [-0.15, -0.1) is 0 Å². The van der Waals surface area contributed by atoms with Crippen LogP contribution in [-0.2, 0) is 11.2 Å². The standard InChI is InChI=1S/C14H16N4O3/c1-2-12(14-15-6-7-16-14)17-13(19)9-10-4-3-5-11(8-10)18(20)21/h3-8,12H,2,9H2,1H3,(H,15,16)(H,17,19). The van der Waals surface area contributed by atoms with Crippen molar-refractivity contribution >= 4 is 11.6 Å². The maximum Gasteiger partial charge on any atom is 0.269 e. The van der Waals surface area contributed by atoms with Gasteiger partial charge in [-0.25, -0.2) is 4.98 Å². The monoisotopic (exact) mass is 288 g/mol. The number of amides is 1. The molecule has 1 heterocycles. The van der Waals surface area contributed by atoms with Gasteiger partial charge in [-0.05, 0) is 12.0 Å². The maximum atomic E-state index is 12.0. The van der Waals surface area contributed by atoms with E-state index in [0.29, 0.717) is 17.8 Å². The van der Waals surface area contributed by atoms with Gasteiger partial charge in [0.1, 0.15) is 5.82 Å². The van der Waals surface area contributed by atoms with Crippen LogP contribution in [0.1, 0.15) is 30.8 Å². The maximum absolute atomic E-state index is 12.0. The number of aromatic amines is 1. The highest BCUT2D eigenvalue weighted by Crippen LogP contribution is 2.15. The van der Waals surface area contributed by atoms with Crippen LogP contribution in [0.3, 0.4) is 0 Å². The Balaban J connectivity index is 2.01. The van der Waals surface area contributed by atoms with E-state index in [1.54, 1.807) is 24.5 Å². The molecule has 110 valence electrons. The van der Waals surface area contributed by atoms with Crippen molar-refractivity contribution in [1.82, 2.24) is 15.3 Å². The molecule has 0 spiro atoms. The molecule has 2 aromatic rings. The molecule has 0 saturated carbocycles. The average Bonchev–Trinajstić information content (AvgIpc) is 2.99. The van der Waals surface area contributed by atoms with Crippen molar-refractivity contribution in [2.45, 2.75) is 25.8 Å². The predicted octanol–water partition coefficient (Wildman–Crippen LogP) is 2.13. The lowest BCUT2D eigenvalue weighted by Gasteiger charge is -2.14. The number of H-pyrrole nitrogens is 1. The zero-order chi connectivity index (χ0) is 15.2. The molecular weight excluding hydrogens is 272 g/mol. The van der Waals surface area contributed by atoms with E-state index >= 15 is 0 Å². The number of nitrogens with zero attached hydrogens (tertiary/aromatic N) is 2. The van der Waals surface area contributed by atoms with Gasteiger partial charge in [-0.1, -0.05) is 19.1 Å². The Morgan fingerprint density at radius 2 is 2.33 bits per heavy atom. The molecule has 1 atom stereocenters. The summed E-state index contributed by atoms with van der Waals surface area (Å²) >= 11 is 0. The second-order valence-corrected chi connectivity index (χ2v) is 4.61. The molecule has 1 aromatic heterocycles. The first-order chi connectivity index (χ1) is 10.1. The smallest absolute Gasteiger partial charge is 0.269 e.